The van der Waals surface area contributed by atoms with Gasteiger partial charge in [0.1, 0.15) is 17.5 Å². The predicted molar refractivity (Wildman–Crippen MR) is 75.8 cm³/mol. The Labute approximate surface area is 128 Å². The summed E-state index contributed by atoms with van der Waals surface area (Å²) in [5.74, 6) is 0.140. The van der Waals surface area contributed by atoms with Gasteiger partial charge in [-0.15, -0.1) is 0 Å². The molecule has 1 aromatic rings. The molecule has 0 aromatic heterocycles. The number of alkyl halides is 3. The standard InChI is InChI=1S/C14H19F3O4S/c1-10(2)12(20-11-8-6-5-7-9-11)13(3,4)21-22(18,19)14(15,16)17/h5-10,12H,1-4H3/t12-/m1/s1. The van der Waals surface area contributed by atoms with Crippen LogP contribution in [0.15, 0.2) is 30.3 Å². The molecule has 0 saturated carbocycles. The molecular weight excluding hydrogens is 321 g/mol. The lowest BCUT2D eigenvalue weighted by Crippen LogP contribution is -2.49. The zero-order chi connectivity index (χ0) is 17.2. The lowest BCUT2D eigenvalue weighted by atomic mass is 9.92. The van der Waals surface area contributed by atoms with Gasteiger partial charge in [0.2, 0.25) is 0 Å². The molecule has 0 aliphatic carbocycles. The van der Waals surface area contributed by atoms with Gasteiger partial charge in [-0.25, -0.2) is 0 Å². The van der Waals surface area contributed by atoms with E-state index >= 15 is 0 Å². The van der Waals surface area contributed by atoms with E-state index in [0.29, 0.717) is 5.75 Å². The molecule has 0 fully saturated rings. The van der Waals surface area contributed by atoms with Crippen LogP contribution in [0.25, 0.3) is 0 Å². The number of hydrogen-bond acceptors (Lipinski definition) is 4. The molecule has 1 aromatic carbocycles. The summed E-state index contributed by atoms with van der Waals surface area (Å²) in [5, 5.41) is 0. The van der Waals surface area contributed by atoms with Crippen molar-refractivity contribution in [1.82, 2.24) is 0 Å². The molecule has 0 N–H and O–H groups in total. The van der Waals surface area contributed by atoms with Crippen LogP contribution in [0.5, 0.6) is 5.75 Å². The average Bonchev–Trinajstić information content (AvgIpc) is 2.34. The molecule has 0 heterocycles. The summed E-state index contributed by atoms with van der Waals surface area (Å²) in [7, 11) is -5.71. The first-order chi connectivity index (χ1) is 9.87. The monoisotopic (exact) mass is 340 g/mol. The zero-order valence-electron chi connectivity index (χ0n) is 12.7. The quantitative estimate of drug-likeness (QED) is 0.585. The number of hydrogen-bond donors (Lipinski definition) is 0. The topological polar surface area (TPSA) is 52.6 Å². The molecule has 0 bridgehead atoms. The highest BCUT2D eigenvalue weighted by Gasteiger charge is 2.52. The Morgan fingerprint density at radius 2 is 1.55 bits per heavy atom. The molecule has 0 saturated heterocycles. The Morgan fingerprint density at radius 3 is 1.95 bits per heavy atom. The van der Waals surface area contributed by atoms with Crippen molar-refractivity contribution in [1.29, 1.82) is 0 Å². The van der Waals surface area contributed by atoms with Crippen LogP contribution >= 0.6 is 0 Å². The van der Waals surface area contributed by atoms with Crippen LogP contribution in [0, 0.1) is 5.92 Å². The van der Waals surface area contributed by atoms with Crippen molar-refractivity contribution in [2.75, 3.05) is 0 Å². The minimum absolute atomic E-state index is 0.279. The third kappa shape index (κ3) is 4.61. The maximum atomic E-state index is 12.5. The van der Waals surface area contributed by atoms with E-state index in [0.717, 1.165) is 0 Å². The van der Waals surface area contributed by atoms with Crippen LogP contribution in [0.4, 0.5) is 13.2 Å². The van der Waals surface area contributed by atoms with E-state index < -0.39 is 27.3 Å². The van der Waals surface area contributed by atoms with Crippen molar-refractivity contribution in [3.8, 4) is 5.75 Å². The molecule has 0 unspecified atom stereocenters. The molecule has 4 nitrogen and oxygen atoms in total. The number of halogens is 3. The Bertz CT molecular complexity index is 580. The van der Waals surface area contributed by atoms with Crippen molar-refractivity contribution < 1.29 is 30.5 Å². The molecule has 0 radical (unpaired) electrons. The Kier molecular flexibility index (Phi) is 5.51. The summed E-state index contributed by atoms with van der Waals surface area (Å²) in [6.45, 7) is 5.92. The summed E-state index contributed by atoms with van der Waals surface area (Å²) >= 11 is 0. The normalized spacial score (nSPS) is 14.9. The van der Waals surface area contributed by atoms with E-state index in [1.54, 1.807) is 44.2 Å². The van der Waals surface area contributed by atoms with Crippen molar-refractivity contribution in [2.45, 2.75) is 44.9 Å². The first kappa shape index (κ1) is 18.8. The van der Waals surface area contributed by atoms with Gasteiger partial charge in [-0.2, -0.15) is 21.6 Å². The lowest BCUT2D eigenvalue weighted by molar-refractivity contribution is -0.0815. The minimum Gasteiger partial charge on any atom is -0.487 e. The Morgan fingerprint density at radius 1 is 1.05 bits per heavy atom. The average molecular weight is 340 g/mol. The van der Waals surface area contributed by atoms with E-state index in [9.17, 15) is 21.6 Å². The van der Waals surface area contributed by atoms with Crippen LogP contribution < -0.4 is 4.74 Å². The maximum absolute atomic E-state index is 12.5. The fourth-order valence-electron chi connectivity index (χ4n) is 2.10. The molecule has 0 aliphatic rings. The van der Waals surface area contributed by atoms with Gasteiger partial charge in [0.15, 0.2) is 0 Å². The van der Waals surface area contributed by atoms with Crippen molar-refractivity contribution in [3.05, 3.63) is 30.3 Å². The fourth-order valence-corrected chi connectivity index (χ4v) is 2.86. The van der Waals surface area contributed by atoms with Gasteiger partial charge in [-0.3, -0.25) is 4.18 Å². The van der Waals surface area contributed by atoms with Gasteiger partial charge in [0, 0.05) is 0 Å². The number of para-hydroxylation sites is 1. The smallest absolute Gasteiger partial charge is 0.487 e. The Balaban J connectivity index is 3.04. The number of rotatable bonds is 6. The van der Waals surface area contributed by atoms with Crippen molar-refractivity contribution in [3.63, 3.8) is 0 Å². The second-order valence-corrected chi connectivity index (χ2v) is 7.22. The third-order valence-corrected chi connectivity index (χ3v) is 4.12. The second-order valence-electron chi connectivity index (χ2n) is 5.68. The molecule has 22 heavy (non-hydrogen) atoms. The van der Waals surface area contributed by atoms with E-state index in [1.165, 1.54) is 13.8 Å². The van der Waals surface area contributed by atoms with E-state index in [1.807, 2.05) is 0 Å². The highest BCUT2D eigenvalue weighted by Crippen LogP contribution is 2.33. The van der Waals surface area contributed by atoms with Crippen LogP contribution in [0.3, 0.4) is 0 Å². The molecule has 0 aliphatic heterocycles. The van der Waals surface area contributed by atoms with E-state index in [2.05, 4.69) is 4.18 Å². The molecule has 1 rings (SSSR count). The highest BCUT2D eigenvalue weighted by atomic mass is 32.2. The summed E-state index contributed by atoms with van der Waals surface area (Å²) in [6, 6.07) is 8.42. The number of benzene rings is 1. The molecule has 0 spiro atoms. The summed E-state index contributed by atoms with van der Waals surface area (Å²) < 4.78 is 70.0. The van der Waals surface area contributed by atoms with Crippen molar-refractivity contribution in [2.24, 2.45) is 5.92 Å². The largest absolute Gasteiger partial charge is 0.523 e. The predicted octanol–water partition coefficient (Wildman–Crippen LogP) is 3.73. The second kappa shape index (κ2) is 6.45. The highest BCUT2D eigenvalue weighted by molar-refractivity contribution is 7.87. The maximum Gasteiger partial charge on any atom is 0.523 e. The third-order valence-electron chi connectivity index (χ3n) is 2.90. The first-order valence-electron chi connectivity index (χ1n) is 6.60. The van der Waals surface area contributed by atoms with Gasteiger partial charge in [-0.05, 0) is 31.9 Å². The number of ether oxygens (including phenoxy) is 1. The molecule has 126 valence electrons. The van der Waals surface area contributed by atoms with Gasteiger partial charge in [0.05, 0.1) is 0 Å². The lowest BCUT2D eigenvalue weighted by Gasteiger charge is -2.36. The molecular formula is C14H19F3O4S. The summed E-state index contributed by atoms with van der Waals surface area (Å²) in [4.78, 5) is 0. The molecule has 0 amide bonds. The van der Waals surface area contributed by atoms with Gasteiger partial charge in [0.25, 0.3) is 0 Å². The summed E-state index contributed by atoms with van der Waals surface area (Å²) in [5.41, 5.74) is -7.17. The first-order valence-corrected chi connectivity index (χ1v) is 8.01. The van der Waals surface area contributed by atoms with Crippen LogP contribution in [-0.2, 0) is 14.3 Å². The van der Waals surface area contributed by atoms with Crippen LogP contribution in [0.1, 0.15) is 27.7 Å². The fraction of sp³-hybridized carbons (Fsp3) is 0.571. The van der Waals surface area contributed by atoms with Crippen LogP contribution in [-0.4, -0.2) is 25.6 Å². The van der Waals surface area contributed by atoms with Gasteiger partial charge >= 0.3 is 15.6 Å². The van der Waals surface area contributed by atoms with Crippen molar-refractivity contribution >= 4 is 10.1 Å². The minimum atomic E-state index is -5.71. The SMILES string of the molecule is CC(C)[C@@H](Oc1ccccc1)C(C)(C)OS(=O)(=O)C(F)(F)F. The van der Waals surface area contributed by atoms with E-state index in [4.69, 9.17) is 4.74 Å². The van der Waals surface area contributed by atoms with Crippen LogP contribution in [0.2, 0.25) is 0 Å². The molecule has 1 atom stereocenters. The molecule has 8 heteroatoms. The Hall–Kier alpha value is -1.28. The van der Waals surface area contributed by atoms with Gasteiger partial charge in [-0.1, -0.05) is 32.0 Å². The zero-order valence-corrected chi connectivity index (χ0v) is 13.5. The summed E-state index contributed by atoms with van der Waals surface area (Å²) in [6.07, 6.45) is -0.896. The van der Waals surface area contributed by atoms with Gasteiger partial charge < -0.3 is 4.74 Å². The van der Waals surface area contributed by atoms with E-state index in [-0.39, 0.29) is 5.92 Å².